The quantitative estimate of drug-likeness (QED) is 0.757. The van der Waals surface area contributed by atoms with Crippen LogP contribution in [0.2, 0.25) is 0 Å². The molecule has 1 aromatic carbocycles. The first-order chi connectivity index (χ1) is 7.90. The van der Waals surface area contributed by atoms with Crippen molar-refractivity contribution < 1.29 is 9.53 Å². The molecule has 0 saturated carbocycles. The van der Waals surface area contributed by atoms with Crippen LogP contribution in [-0.2, 0) is 0 Å². The molecule has 2 rings (SSSR count). The summed E-state index contributed by atoms with van der Waals surface area (Å²) in [6.45, 7) is 3.97. The van der Waals surface area contributed by atoms with Crippen molar-refractivity contribution >= 4 is 18.7 Å². The zero-order valence-corrected chi connectivity index (χ0v) is 10.6. The largest absolute Gasteiger partial charge is 0.492 e. The van der Waals surface area contributed by atoms with Gasteiger partial charge in [-0.15, -0.1) is 12.4 Å². The Kier molecular flexibility index (Phi) is 6.01. The van der Waals surface area contributed by atoms with Crippen LogP contribution in [0, 0.1) is 0 Å². The van der Waals surface area contributed by atoms with E-state index in [9.17, 15) is 4.79 Å². The molecule has 0 amide bonds. The van der Waals surface area contributed by atoms with Crippen molar-refractivity contribution in [1.29, 1.82) is 0 Å². The van der Waals surface area contributed by atoms with E-state index in [4.69, 9.17) is 4.74 Å². The van der Waals surface area contributed by atoms with Gasteiger partial charge >= 0.3 is 0 Å². The Bertz CT molecular complexity index is 351. The van der Waals surface area contributed by atoms with E-state index in [-0.39, 0.29) is 12.4 Å². The predicted octanol–water partition coefficient (Wildman–Crippen LogP) is 2.40. The van der Waals surface area contributed by atoms with E-state index < -0.39 is 0 Å². The van der Waals surface area contributed by atoms with Gasteiger partial charge < -0.3 is 4.74 Å². The van der Waals surface area contributed by atoms with Crippen LogP contribution in [0.4, 0.5) is 0 Å². The molecule has 1 aliphatic rings. The van der Waals surface area contributed by atoms with Crippen LogP contribution < -0.4 is 4.74 Å². The van der Waals surface area contributed by atoms with E-state index in [0.29, 0.717) is 17.9 Å². The Labute approximate surface area is 108 Å². The predicted molar refractivity (Wildman–Crippen MR) is 70.2 cm³/mol. The molecule has 4 heteroatoms. The summed E-state index contributed by atoms with van der Waals surface area (Å²) in [4.78, 5) is 13.1. The van der Waals surface area contributed by atoms with Gasteiger partial charge in [-0.05, 0) is 38.1 Å². The first kappa shape index (κ1) is 14.0. The number of ether oxygens (including phenoxy) is 1. The smallest absolute Gasteiger partial charge is 0.153 e. The lowest BCUT2D eigenvalue weighted by Gasteiger charge is -2.15. The van der Waals surface area contributed by atoms with Gasteiger partial charge in [0.05, 0.1) is 5.56 Å². The third-order valence-electron chi connectivity index (χ3n) is 2.91. The highest BCUT2D eigenvalue weighted by Gasteiger charge is 2.11. The highest BCUT2D eigenvalue weighted by Crippen LogP contribution is 2.15. The second-order valence-electron chi connectivity index (χ2n) is 4.05. The van der Waals surface area contributed by atoms with Crippen molar-refractivity contribution in [2.75, 3.05) is 26.2 Å². The molecule has 94 valence electrons. The number of benzene rings is 1. The Morgan fingerprint density at radius 1 is 1.24 bits per heavy atom. The first-order valence-corrected chi connectivity index (χ1v) is 5.79. The van der Waals surface area contributed by atoms with Crippen molar-refractivity contribution in [2.24, 2.45) is 0 Å². The third kappa shape index (κ3) is 4.02. The monoisotopic (exact) mass is 255 g/mol. The number of carbonyl (C=O) groups is 1. The van der Waals surface area contributed by atoms with Crippen molar-refractivity contribution in [3.8, 4) is 5.75 Å². The third-order valence-corrected chi connectivity index (χ3v) is 2.91. The van der Waals surface area contributed by atoms with Crippen LogP contribution in [0.5, 0.6) is 5.75 Å². The van der Waals surface area contributed by atoms with Gasteiger partial charge in [0.1, 0.15) is 12.4 Å². The van der Waals surface area contributed by atoms with Crippen molar-refractivity contribution in [3.05, 3.63) is 29.8 Å². The number of rotatable bonds is 5. The van der Waals surface area contributed by atoms with Crippen LogP contribution in [-0.4, -0.2) is 37.4 Å². The van der Waals surface area contributed by atoms with E-state index in [1.54, 1.807) is 6.07 Å². The van der Waals surface area contributed by atoms with Gasteiger partial charge in [-0.25, -0.2) is 0 Å². The number of hydrogen-bond acceptors (Lipinski definition) is 3. The number of nitrogens with zero attached hydrogens (tertiary/aromatic N) is 1. The van der Waals surface area contributed by atoms with Gasteiger partial charge in [0, 0.05) is 6.54 Å². The molecule has 0 N–H and O–H groups in total. The second kappa shape index (κ2) is 7.30. The van der Waals surface area contributed by atoms with E-state index in [2.05, 4.69) is 4.90 Å². The molecular weight excluding hydrogens is 238 g/mol. The maximum Gasteiger partial charge on any atom is 0.153 e. The molecule has 0 aliphatic carbocycles. The summed E-state index contributed by atoms with van der Waals surface area (Å²) in [5.41, 5.74) is 0.629. The Hall–Kier alpha value is -1.06. The number of para-hydroxylation sites is 1. The molecular formula is C13H18ClNO2. The average Bonchev–Trinajstić information content (AvgIpc) is 2.83. The van der Waals surface area contributed by atoms with E-state index in [0.717, 1.165) is 12.8 Å². The van der Waals surface area contributed by atoms with Crippen LogP contribution in [0.1, 0.15) is 23.2 Å². The Morgan fingerprint density at radius 3 is 2.65 bits per heavy atom. The summed E-state index contributed by atoms with van der Waals surface area (Å²) < 4.78 is 5.62. The summed E-state index contributed by atoms with van der Waals surface area (Å²) in [7, 11) is 0. The van der Waals surface area contributed by atoms with Crippen LogP contribution in [0.25, 0.3) is 0 Å². The molecule has 1 heterocycles. The van der Waals surface area contributed by atoms with E-state index >= 15 is 0 Å². The van der Waals surface area contributed by atoms with Crippen molar-refractivity contribution in [1.82, 2.24) is 4.90 Å². The van der Waals surface area contributed by atoms with E-state index in [1.165, 1.54) is 25.9 Å². The first-order valence-electron chi connectivity index (χ1n) is 5.79. The molecule has 1 saturated heterocycles. The zero-order valence-electron chi connectivity index (χ0n) is 9.80. The minimum atomic E-state index is 0. The lowest BCUT2D eigenvalue weighted by molar-refractivity contribution is 0.111. The highest BCUT2D eigenvalue weighted by atomic mass is 35.5. The summed E-state index contributed by atoms with van der Waals surface area (Å²) in [6.07, 6.45) is 3.43. The Morgan fingerprint density at radius 2 is 1.94 bits per heavy atom. The van der Waals surface area contributed by atoms with Gasteiger partial charge in [-0.1, -0.05) is 12.1 Å². The van der Waals surface area contributed by atoms with Gasteiger partial charge in [0.2, 0.25) is 0 Å². The summed E-state index contributed by atoms with van der Waals surface area (Å²) in [6, 6.07) is 7.35. The van der Waals surface area contributed by atoms with E-state index in [1.807, 2.05) is 18.2 Å². The molecule has 1 aliphatic heterocycles. The van der Waals surface area contributed by atoms with Crippen LogP contribution >= 0.6 is 12.4 Å². The number of aldehydes is 1. The topological polar surface area (TPSA) is 29.5 Å². The Balaban J connectivity index is 0.00000144. The fourth-order valence-corrected chi connectivity index (χ4v) is 2.00. The van der Waals surface area contributed by atoms with Crippen LogP contribution in [0.3, 0.4) is 0 Å². The molecule has 0 spiro atoms. The van der Waals surface area contributed by atoms with Gasteiger partial charge in [-0.2, -0.15) is 0 Å². The molecule has 1 aromatic rings. The minimum Gasteiger partial charge on any atom is -0.492 e. The molecule has 0 radical (unpaired) electrons. The normalized spacial score (nSPS) is 15.3. The van der Waals surface area contributed by atoms with Crippen molar-refractivity contribution in [3.63, 3.8) is 0 Å². The minimum absolute atomic E-state index is 0. The van der Waals surface area contributed by atoms with Gasteiger partial charge in [0.25, 0.3) is 0 Å². The van der Waals surface area contributed by atoms with Gasteiger partial charge in [0.15, 0.2) is 6.29 Å². The number of halogens is 1. The summed E-state index contributed by atoms with van der Waals surface area (Å²) in [5.74, 6) is 0.691. The second-order valence-corrected chi connectivity index (χ2v) is 4.05. The lowest BCUT2D eigenvalue weighted by Crippen LogP contribution is -2.25. The van der Waals surface area contributed by atoms with Crippen LogP contribution in [0.15, 0.2) is 24.3 Å². The van der Waals surface area contributed by atoms with Gasteiger partial charge in [-0.3, -0.25) is 9.69 Å². The zero-order chi connectivity index (χ0) is 11.2. The summed E-state index contributed by atoms with van der Waals surface area (Å²) in [5, 5.41) is 0. The maximum atomic E-state index is 10.8. The standard InChI is InChI=1S/C13H17NO2.ClH/c15-11-12-5-1-2-6-13(12)16-10-9-14-7-3-4-8-14;/h1-2,5-6,11H,3-4,7-10H2;1H. The molecule has 3 nitrogen and oxygen atoms in total. The maximum absolute atomic E-state index is 10.8. The highest BCUT2D eigenvalue weighted by molar-refractivity contribution is 5.85. The lowest BCUT2D eigenvalue weighted by atomic mass is 10.2. The van der Waals surface area contributed by atoms with Crippen molar-refractivity contribution in [2.45, 2.75) is 12.8 Å². The number of likely N-dealkylation sites (tertiary alicyclic amines) is 1. The fourth-order valence-electron chi connectivity index (χ4n) is 2.00. The molecule has 1 fully saturated rings. The summed E-state index contributed by atoms with van der Waals surface area (Å²) >= 11 is 0. The SMILES string of the molecule is Cl.O=Cc1ccccc1OCCN1CCCC1. The molecule has 0 aromatic heterocycles. The average molecular weight is 256 g/mol. The molecule has 0 bridgehead atoms. The molecule has 0 unspecified atom stereocenters. The fraction of sp³-hybridized carbons (Fsp3) is 0.462. The number of carbonyl (C=O) groups excluding carboxylic acids is 1. The molecule has 0 atom stereocenters. The number of hydrogen-bond donors (Lipinski definition) is 0. The molecule has 17 heavy (non-hydrogen) atoms.